The van der Waals surface area contributed by atoms with Gasteiger partial charge < -0.3 is 0 Å². The van der Waals surface area contributed by atoms with Crippen molar-refractivity contribution in [2.45, 2.75) is 11.8 Å². The lowest BCUT2D eigenvalue weighted by Gasteiger charge is -2.28. The van der Waals surface area contributed by atoms with Gasteiger partial charge in [0, 0.05) is 11.8 Å². The molecule has 190 valence electrons. The van der Waals surface area contributed by atoms with Crippen molar-refractivity contribution in [3.63, 3.8) is 0 Å². The van der Waals surface area contributed by atoms with Crippen molar-refractivity contribution in [2.24, 2.45) is 0 Å². The SMILES string of the molecule is c1ccc(C(c2ccccc2)c2c3ccccc3c(C(c3ccccc3)c3ccccc3)c3ccccc23)cc1. The lowest BCUT2D eigenvalue weighted by atomic mass is 9.75. The summed E-state index contributed by atoms with van der Waals surface area (Å²) < 4.78 is 0. The van der Waals surface area contributed by atoms with Gasteiger partial charge in [0.2, 0.25) is 0 Å². The summed E-state index contributed by atoms with van der Waals surface area (Å²) in [5, 5.41) is 5.24. The van der Waals surface area contributed by atoms with Gasteiger partial charge in [-0.25, -0.2) is 0 Å². The zero-order valence-corrected chi connectivity index (χ0v) is 22.3. The van der Waals surface area contributed by atoms with E-state index in [-0.39, 0.29) is 11.8 Å². The summed E-state index contributed by atoms with van der Waals surface area (Å²) in [5.41, 5.74) is 7.96. The van der Waals surface area contributed by atoms with E-state index in [0.717, 1.165) is 0 Å². The Labute approximate surface area is 236 Å². The van der Waals surface area contributed by atoms with E-state index in [1.807, 2.05) is 0 Å². The third-order valence-corrected chi connectivity index (χ3v) is 8.12. The minimum atomic E-state index is 0.109. The minimum Gasteiger partial charge on any atom is -0.0622 e. The van der Waals surface area contributed by atoms with Crippen LogP contribution in [0.3, 0.4) is 0 Å². The highest BCUT2D eigenvalue weighted by Gasteiger charge is 2.27. The number of hydrogen-bond donors (Lipinski definition) is 0. The van der Waals surface area contributed by atoms with Crippen LogP contribution in [0, 0.1) is 0 Å². The van der Waals surface area contributed by atoms with Crippen LogP contribution in [-0.4, -0.2) is 0 Å². The molecule has 0 aliphatic rings. The first kappa shape index (κ1) is 24.1. The molecule has 0 N–H and O–H groups in total. The molecule has 0 nitrogen and oxygen atoms in total. The Morgan fingerprint density at radius 1 is 0.225 bits per heavy atom. The predicted octanol–water partition coefficient (Wildman–Crippen LogP) is 10.4. The van der Waals surface area contributed by atoms with Crippen LogP contribution in [0.15, 0.2) is 170 Å². The summed E-state index contributed by atoms with van der Waals surface area (Å²) >= 11 is 0. The van der Waals surface area contributed by atoms with Crippen LogP contribution >= 0.6 is 0 Å². The fourth-order valence-corrected chi connectivity index (χ4v) is 6.45. The molecule has 0 radical (unpaired) electrons. The molecule has 0 saturated carbocycles. The quantitative estimate of drug-likeness (QED) is 0.154. The van der Waals surface area contributed by atoms with Crippen molar-refractivity contribution in [3.05, 3.63) is 203 Å². The van der Waals surface area contributed by atoms with E-state index >= 15 is 0 Å². The molecule has 0 amide bonds. The van der Waals surface area contributed by atoms with Gasteiger partial charge in [0.25, 0.3) is 0 Å². The molecule has 0 heteroatoms. The third-order valence-electron chi connectivity index (χ3n) is 8.12. The highest BCUT2D eigenvalue weighted by molar-refractivity contribution is 6.08. The maximum atomic E-state index is 2.33. The molecule has 0 fully saturated rings. The van der Waals surface area contributed by atoms with Crippen molar-refractivity contribution < 1.29 is 0 Å². The molecule has 0 aromatic heterocycles. The Balaban J connectivity index is 1.62. The Kier molecular flexibility index (Phi) is 6.44. The molecular formula is C40H30. The summed E-state index contributed by atoms with van der Waals surface area (Å²) in [6.45, 7) is 0. The summed E-state index contributed by atoms with van der Waals surface area (Å²) in [6.07, 6.45) is 0. The lowest BCUT2D eigenvalue weighted by Crippen LogP contribution is -2.09. The van der Waals surface area contributed by atoms with Gasteiger partial charge in [-0.05, 0) is 54.9 Å². The zero-order valence-electron chi connectivity index (χ0n) is 22.3. The molecular weight excluding hydrogens is 480 g/mol. The molecule has 7 aromatic rings. The Morgan fingerprint density at radius 2 is 0.425 bits per heavy atom. The van der Waals surface area contributed by atoms with Crippen molar-refractivity contribution in [3.8, 4) is 0 Å². The van der Waals surface area contributed by atoms with Gasteiger partial charge in [-0.3, -0.25) is 0 Å². The predicted molar refractivity (Wildman–Crippen MR) is 169 cm³/mol. The van der Waals surface area contributed by atoms with Gasteiger partial charge in [-0.1, -0.05) is 170 Å². The second kappa shape index (κ2) is 10.7. The number of rotatable bonds is 6. The average Bonchev–Trinajstić information content (AvgIpc) is 3.04. The van der Waals surface area contributed by atoms with Gasteiger partial charge >= 0.3 is 0 Å². The minimum absolute atomic E-state index is 0.109. The van der Waals surface area contributed by atoms with Gasteiger partial charge in [-0.15, -0.1) is 0 Å². The largest absolute Gasteiger partial charge is 0.0622 e. The van der Waals surface area contributed by atoms with Crippen molar-refractivity contribution in [1.82, 2.24) is 0 Å². The Hall–Kier alpha value is -4.94. The van der Waals surface area contributed by atoms with E-state index in [9.17, 15) is 0 Å². The fourth-order valence-electron chi connectivity index (χ4n) is 6.45. The molecule has 0 saturated heterocycles. The molecule has 0 aliphatic carbocycles. The smallest absolute Gasteiger partial charge is 0.0352 e. The van der Waals surface area contributed by atoms with E-state index in [1.165, 1.54) is 54.9 Å². The molecule has 0 heterocycles. The molecule has 0 aliphatic heterocycles. The fraction of sp³-hybridized carbons (Fsp3) is 0.0500. The van der Waals surface area contributed by atoms with Crippen LogP contribution in [0.5, 0.6) is 0 Å². The van der Waals surface area contributed by atoms with Crippen LogP contribution in [-0.2, 0) is 0 Å². The topological polar surface area (TPSA) is 0 Å². The normalized spacial score (nSPS) is 11.4. The van der Waals surface area contributed by atoms with Crippen molar-refractivity contribution in [1.29, 1.82) is 0 Å². The average molecular weight is 511 g/mol. The van der Waals surface area contributed by atoms with Crippen LogP contribution < -0.4 is 0 Å². The summed E-state index contributed by atoms with van der Waals surface area (Å²) in [5.74, 6) is 0.219. The zero-order chi connectivity index (χ0) is 26.7. The molecule has 0 spiro atoms. The second-order valence-electron chi connectivity index (χ2n) is 10.4. The van der Waals surface area contributed by atoms with E-state index in [2.05, 4.69) is 170 Å². The first-order valence-electron chi connectivity index (χ1n) is 14.0. The first-order valence-corrected chi connectivity index (χ1v) is 14.0. The van der Waals surface area contributed by atoms with Crippen LogP contribution in [0.25, 0.3) is 21.5 Å². The standard InChI is InChI=1S/C40H30/c1-5-17-29(18-6-1)37(30-19-7-2-8-20-30)39-33-25-13-15-27-35(33)40(36-28-16-14-26-34(36)39)38(31-21-9-3-10-22-31)32-23-11-4-12-24-32/h1-28,37-38H. The molecule has 40 heavy (non-hydrogen) atoms. The monoisotopic (exact) mass is 510 g/mol. The summed E-state index contributed by atoms with van der Waals surface area (Å²) in [7, 11) is 0. The lowest BCUT2D eigenvalue weighted by molar-refractivity contribution is 0.985. The maximum Gasteiger partial charge on any atom is 0.0352 e. The summed E-state index contributed by atoms with van der Waals surface area (Å²) in [4.78, 5) is 0. The Morgan fingerprint density at radius 3 is 0.650 bits per heavy atom. The highest BCUT2D eigenvalue weighted by Crippen LogP contribution is 2.47. The van der Waals surface area contributed by atoms with Gasteiger partial charge in [0.15, 0.2) is 0 Å². The highest BCUT2D eigenvalue weighted by atomic mass is 14.3. The molecule has 0 atom stereocenters. The van der Waals surface area contributed by atoms with Gasteiger partial charge in [-0.2, -0.15) is 0 Å². The van der Waals surface area contributed by atoms with Crippen molar-refractivity contribution in [2.75, 3.05) is 0 Å². The maximum absolute atomic E-state index is 2.33. The Bertz CT molecular complexity index is 1590. The van der Waals surface area contributed by atoms with E-state index in [4.69, 9.17) is 0 Å². The molecule has 0 unspecified atom stereocenters. The van der Waals surface area contributed by atoms with Gasteiger partial charge in [0.1, 0.15) is 0 Å². The van der Waals surface area contributed by atoms with Crippen LogP contribution in [0.4, 0.5) is 0 Å². The van der Waals surface area contributed by atoms with E-state index in [0.29, 0.717) is 0 Å². The number of benzene rings is 7. The van der Waals surface area contributed by atoms with E-state index in [1.54, 1.807) is 0 Å². The summed E-state index contributed by atoms with van der Waals surface area (Å²) in [6, 6.07) is 61.9. The third kappa shape index (κ3) is 4.28. The first-order chi connectivity index (χ1) is 19.9. The van der Waals surface area contributed by atoms with Gasteiger partial charge in [0.05, 0.1) is 0 Å². The van der Waals surface area contributed by atoms with Crippen LogP contribution in [0.1, 0.15) is 45.2 Å². The number of hydrogen-bond acceptors (Lipinski definition) is 0. The van der Waals surface area contributed by atoms with E-state index < -0.39 is 0 Å². The molecule has 0 bridgehead atoms. The van der Waals surface area contributed by atoms with Crippen LogP contribution in [0.2, 0.25) is 0 Å². The number of fused-ring (bicyclic) bond motifs is 2. The second-order valence-corrected chi connectivity index (χ2v) is 10.4. The molecule has 7 rings (SSSR count). The molecule has 7 aromatic carbocycles. The van der Waals surface area contributed by atoms with Crippen molar-refractivity contribution >= 4 is 21.5 Å².